The number of para-hydroxylation sites is 1. The average molecular weight is 422 g/mol. The van der Waals surface area contributed by atoms with Crippen LogP contribution in [0, 0.1) is 0 Å². The van der Waals surface area contributed by atoms with Gasteiger partial charge in [0.05, 0.1) is 5.52 Å². The molecule has 0 radical (unpaired) electrons. The van der Waals surface area contributed by atoms with Gasteiger partial charge in [-0.1, -0.05) is 68.4 Å². The summed E-state index contributed by atoms with van der Waals surface area (Å²) in [5.74, 6) is 1.42. The highest BCUT2D eigenvalue weighted by Gasteiger charge is 2.16. The molecule has 2 heterocycles. The molecule has 3 heteroatoms. The second-order valence-corrected chi connectivity index (χ2v) is 8.97. The number of anilines is 2. The number of hydrogen-bond acceptors (Lipinski definition) is 3. The molecule has 0 saturated heterocycles. The minimum Gasteiger partial charge on any atom is -0.340 e. The smallest absolute Gasteiger partial charge is 0.131 e. The van der Waals surface area contributed by atoms with Gasteiger partial charge in [-0.2, -0.15) is 0 Å². The zero-order valence-corrected chi connectivity index (χ0v) is 19.0. The van der Waals surface area contributed by atoms with Crippen LogP contribution in [0.25, 0.3) is 10.9 Å². The van der Waals surface area contributed by atoms with Crippen LogP contribution in [0.1, 0.15) is 48.4 Å². The molecule has 1 aliphatic rings. The van der Waals surface area contributed by atoms with Gasteiger partial charge in [0.2, 0.25) is 0 Å². The van der Waals surface area contributed by atoms with Crippen molar-refractivity contribution < 1.29 is 0 Å². The minimum absolute atomic E-state index is 0.500. The molecule has 0 amide bonds. The molecule has 32 heavy (non-hydrogen) atoms. The van der Waals surface area contributed by atoms with Gasteiger partial charge >= 0.3 is 0 Å². The molecule has 5 rings (SSSR count). The van der Waals surface area contributed by atoms with Crippen molar-refractivity contribution in [3.8, 4) is 0 Å². The van der Waals surface area contributed by atoms with Gasteiger partial charge in [0.25, 0.3) is 0 Å². The number of fused-ring (bicyclic) bond motifs is 2. The summed E-state index contributed by atoms with van der Waals surface area (Å²) in [6.45, 7) is 7.68. The van der Waals surface area contributed by atoms with Crippen LogP contribution in [0.2, 0.25) is 0 Å². The van der Waals surface area contributed by atoms with E-state index in [0.717, 1.165) is 49.5 Å². The van der Waals surface area contributed by atoms with E-state index < -0.39 is 0 Å². The number of rotatable bonds is 6. The Hall–Kier alpha value is -3.17. The van der Waals surface area contributed by atoms with E-state index in [4.69, 9.17) is 4.98 Å². The lowest BCUT2D eigenvalue weighted by Crippen LogP contribution is -2.29. The molecule has 0 spiro atoms. The van der Waals surface area contributed by atoms with E-state index in [1.807, 2.05) is 0 Å². The van der Waals surface area contributed by atoms with E-state index in [1.165, 1.54) is 27.6 Å². The summed E-state index contributed by atoms with van der Waals surface area (Å²) in [6, 6.07) is 28.3. The van der Waals surface area contributed by atoms with Gasteiger partial charge in [-0.15, -0.1) is 0 Å². The maximum absolute atomic E-state index is 4.87. The van der Waals surface area contributed by atoms with Crippen molar-refractivity contribution in [3.05, 3.63) is 101 Å². The molecule has 1 N–H and O–H groups in total. The van der Waals surface area contributed by atoms with Crippen LogP contribution in [0.5, 0.6) is 0 Å². The van der Waals surface area contributed by atoms with Crippen molar-refractivity contribution in [1.29, 1.82) is 0 Å². The molecule has 1 unspecified atom stereocenters. The van der Waals surface area contributed by atoms with Crippen molar-refractivity contribution >= 4 is 22.4 Å². The van der Waals surface area contributed by atoms with Crippen LogP contribution in [0.4, 0.5) is 11.5 Å². The zero-order valence-electron chi connectivity index (χ0n) is 19.0. The van der Waals surface area contributed by atoms with Crippen molar-refractivity contribution in [3.63, 3.8) is 0 Å². The Balaban J connectivity index is 1.30. The van der Waals surface area contributed by atoms with Gasteiger partial charge in [-0.3, -0.25) is 4.90 Å². The highest BCUT2D eigenvalue weighted by molar-refractivity contribution is 5.85. The molecule has 1 aliphatic heterocycles. The molecule has 162 valence electrons. The Morgan fingerprint density at radius 3 is 2.50 bits per heavy atom. The van der Waals surface area contributed by atoms with Gasteiger partial charge in [0, 0.05) is 30.7 Å². The highest BCUT2D eigenvalue weighted by Crippen LogP contribution is 2.30. The summed E-state index contributed by atoms with van der Waals surface area (Å²) in [7, 11) is 0. The number of nitrogens with one attached hydrogen (secondary N) is 1. The summed E-state index contributed by atoms with van der Waals surface area (Å²) in [6.07, 6.45) is 2.26. The lowest BCUT2D eigenvalue weighted by molar-refractivity contribution is 0.245. The molecular weight excluding hydrogens is 390 g/mol. The molecule has 0 bridgehead atoms. The fraction of sp³-hybridized carbons (Fsp3) is 0.276. The van der Waals surface area contributed by atoms with Gasteiger partial charge in [-0.25, -0.2) is 4.98 Å². The summed E-state index contributed by atoms with van der Waals surface area (Å²) in [4.78, 5) is 7.40. The highest BCUT2D eigenvalue weighted by atomic mass is 15.1. The van der Waals surface area contributed by atoms with E-state index >= 15 is 0 Å². The maximum Gasteiger partial charge on any atom is 0.131 e. The van der Waals surface area contributed by atoms with E-state index in [0.29, 0.717) is 5.92 Å². The first-order valence-corrected chi connectivity index (χ1v) is 11.7. The number of nitrogens with zero attached hydrogens (tertiary/aromatic N) is 2. The quantitative estimate of drug-likeness (QED) is 0.361. The number of pyridine rings is 1. The molecule has 0 aliphatic carbocycles. The summed E-state index contributed by atoms with van der Waals surface area (Å²) >= 11 is 0. The minimum atomic E-state index is 0.500. The van der Waals surface area contributed by atoms with Gasteiger partial charge in [0.15, 0.2) is 0 Å². The fourth-order valence-corrected chi connectivity index (χ4v) is 4.68. The van der Waals surface area contributed by atoms with Crippen LogP contribution in [0.3, 0.4) is 0 Å². The van der Waals surface area contributed by atoms with Crippen LogP contribution < -0.4 is 5.32 Å². The molecule has 4 aromatic rings. The normalized spacial score (nSPS) is 14.8. The second kappa shape index (κ2) is 9.13. The van der Waals surface area contributed by atoms with Gasteiger partial charge in [0.1, 0.15) is 5.82 Å². The zero-order chi connectivity index (χ0) is 21.9. The Morgan fingerprint density at radius 1 is 0.938 bits per heavy atom. The standard InChI is InChI=1S/C29H31N3/c1-3-21(2)27-18-29(31-28-11-7-6-10-26(27)28)30-25-14-12-22(13-15-25)19-32-17-16-23-8-4-5-9-24(23)20-32/h4-15,18,21H,3,16-17,19-20H2,1-2H3,(H,30,31). The van der Waals surface area contributed by atoms with Crippen molar-refractivity contribution in [2.75, 3.05) is 11.9 Å². The third kappa shape index (κ3) is 4.39. The van der Waals surface area contributed by atoms with Gasteiger partial charge in [-0.05, 0) is 65.3 Å². The second-order valence-electron chi connectivity index (χ2n) is 8.97. The van der Waals surface area contributed by atoms with Crippen LogP contribution in [-0.4, -0.2) is 16.4 Å². The molecule has 3 nitrogen and oxygen atoms in total. The Bertz CT molecular complexity index is 1210. The molecule has 0 saturated carbocycles. The average Bonchev–Trinajstić information content (AvgIpc) is 2.84. The maximum atomic E-state index is 4.87. The van der Waals surface area contributed by atoms with E-state index in [-0.39, 0.29) is 0 Å². The first kappa shape index (κ1) is 20.7. The largest absolute Gasteiger partial charge is 0.340 e. The van der Waals surface area contributed by atoms with E-state index in [9.17, 15) is 0 Å². The lowest BCUT2D eigenvalue weighted by Gasteiger charge is -2.28. The summed E-state index contributed by atoms with van der Waals surface area (Å²) in [5, 5.41) is 4.79. The number of hydrogen-bond donors (Lipinski definition) is 1. The number of benzene rings is 3. The van der Waals surface area contributed by atoms with Crippen molar-refractivity contribution in [2.24, 2.45) is 0 Å². The van der Waals surface area contributed by atoms with Gasteiger partial charge < -0.3 is 5.32 Å². The third-order valence-corrected chi connectivity index (χ3v) is 6.73. The lowest BCUT2D eigenvalue weighted by atomic mass is 9.95. The predicted molar refractivity (Wildman–Crippen MR) is 134 cm³/mol. The fourth-order valence-electron chi connectivity index (χ4n) is 4.68. The molecular formula is C29H31N3. The Morgan fingerprint density at radius 2 is 1.69 bits per heavy atom. The van der Waals surface area contributed by atoms with Crippen LogP contribution >= 0.6 is 0 Å². The van der Waals surface area contributed by atoms with Crippen LogP contribution in [0.15, 0.2) is 78.9 Å². The molecule has 3 aromatic carbocycles. The monoisotopic (exact) mass is 421 g/mol. The van der Waals surface area contributed by atoms with Crippen LogP contribution in [-0.2, 0) is 19.5 Å². The van der Waals surface area contributed by atoms with Crippen molar-refractivity contribution in [1.82, 2.24) is 9.88 Å². The molecule has 1 aromatic heterocycles. The summed E-state index contributed by atoms with van der Waals surface area (Å²) < 4.78 is 0. The summed E-state index contributed by atoms with van der Waals surface area (Å²) in [5.41, 5.74) is 7.81. The molecule has 0 fully saturated rings. The number of aromatic nitrogens is 1. The van der Waals surface area contributed by atoms with E-state index in [1.54, 1.807) is 0 Å². The van der Waals surface area contributed by atoms with Crippen molar-refractivity contribution in [2.45, 2.75) is 45.7 Å². The first-order chi connectivity index (χ1) is 15.7. The predicted octanol–water partition coefficient (Wildman–Crippen LogP) is 7.05. The third-order valence-electron chi connectivity index (χ3n) is 6.73. The SMILES string of the molecule is CCC(C)c1cc(Nc2ccc(CN3CCc4ccccc4C3)cc2)nc2ccccc12. The van der Waals surface area contributed by atoms with E-state index in [2.05, 4.69) is 103 Å². The molecule has 1 atom stereocenters. The Labute approximate surface area is 191 Å². The first-order valence-electron chi connectivity index (χ1n) is 11.7. The Kier molecular flexibility index (Phi) is 5.91. The topological polar surface area (TPSA) is 28.2 Å².